The first kappa shape index (κ1) is 58.6. The number of aromatic amines is 2. The molecule has 3 amide bonds. The minimum Gasteiger partial charge on any atom is -0.463 e. The molecule has 0 bridgehead atoms. The van der Waals surface area contributed by atoms with Crippen LogP contribution in [-0.2, 0) is 33.9 Å². The van der Waals surface area contributed by atoms with Gasteiger partial charge in [0.1, 0.15) is 6.10 Å². The summed E-state index contributed by atoms with van der Waals surface area (Å²) in [4.78, 5) is 77.7. The number of esters is 2. The van der Waals surface area contributed by atoms with Crippen molar-refractivity contribution in [3.05, 3.63) is 106 Å². The molecule has 9 rings (SSSR count). The number of hydrogen-bond donors (Lipinski definition) is 4. The highest BCUT2D eigenvalue weighted by Gasteiger charge is 2.47. The van der Waals surface area contributed by atoms with E-state index in [4.69, 9.17) is 22.6 Å². The third-order valence-electron chi connectivity index (χ3n) is 13.8. The predicted octanol–water partition coefficient (Wildman–Crippen LogP) is 8.52. The molecule has 1 saturated heterocycles. The maximum absolute atomic E-state index is 13.0. The maximum Gasteiger partial charge on any atom is 0.329 e. The van der Waals surface area contributed by atoms with Crippen molar-refractivity contribution in [3.63, 3.8) is 0 Å². The fourth-order valence-electron chi connectivity index (χ4n) is 10.00. The summed E-state index contributed by atoms with van der Waals surface area (Å²) in [5, 5.41) is 16.4. The lowest BCUT2D eigenvalue weighted by molar-refractivity contribution is -0.446. The molecule has 4 atom stereocenters. The molecule has 3 aliphatic rings. The van der Waals surface area contributed by atoms with Gasteiger partial charge in [-0.3, -0.25) is 38.3 Å². The number of carbonyl (C=O) groups is 5. The molecule has 420 valence electrons. The molecule has 2 fully saturated rings. The summed E-state index contributed by atoms with van der Waals surface area (Å²) in [5.74, 6) is 0.962. The summed E-state index contributed by atoms with van der Waals surface area (Å²) >= 11 is 0. The van der Waals surface area contributed by atoms with Gasteiger partial charge in [-0.2, -0.15) is 0 Å². The van der Waals surface area contributed by atoms with Crippen molar-refractivity contribution in [3.8, 4) is 22.8 Å². The van der Waals surface area contributed by atoms with Crippen molar-refractivity contribution in [2.24, 2.45) is 28.8 Å². The van der Waals surface area contributed by atoms with Crippen molar-refractivity contribution >= 4 is 86.3 Å². The van der Waals surface area contributed by atoms with Crippen LogP contribution in [0.3, 0.4) is 0 Å². The number of hydrazine groups is 1. The number of rotatable bonds is 12. The zero-order valence-corrected chi connectivity index (χ0v) is 47.6. The van der Waals surface area contributed by atoms with E-state index in [-0.39, 0.29) is 77.1 Å². The average molecular weight is 1110 g/mol. The Morgan fingerprint density at radius 1 is 0.912 bits per heavy atom. The van der Waals surface area contributed by atoms with Gasteiger partial charge in [0.25, 0.3) is 5.82 Å². The van der Waals surface area contributed by atoms with Gasteiger partial charge in [-0.1, -0.05) is 57.1 Å². The van der Waals surface area contributed by atoms with Crippen LogP contribution in [0.4, 0.5) is 22.7 Å². The first-order valence-electron chi connectivity index (χ1n) is 25.8. The molecule has 80 heavy (non-hydrogen) atoms. The van der Waals surface area contributed by atoms with Crippen LogP contribution in [0, 0.1) is 50.7 Å². The van der Waals surface area contributed by atoms with Crippen LogP contribution in [0.1, 0.15) is 106 Å². The summed E-state index contributed by atoms with van der Waals surface area (Å²) in [6.07, 6.45) is 9.18. The largest absolute Gasteiger partial charge is 0.463 e. The molecule has 24 nitrogen and oxygen atoms in total. The zero-order valence-electron chi connectivity index (χ0n) is 46.8. The van der Waals surface area contributed by atoms with Crippen LogP contribution in [-0.4, -0.2) is 132 Å². The predicted molar refractivity (Wildman–Crippen MR) is 301 cm³/mol. The number of H-pyrrole nitrogens is 2. The Hall–Kier alpha value is -9.10. The highest BCUT2D eigenvalue weighted by atomic mass is 32.2. The summed E-state index contributed by atoms with van der Waals surface area (Å²) in [6, 6.07) is 10.8. The molecule has 6 heterocycles. The first-order valence-corrected chi connectivity index (χ1v) is 27.7. The summed E-state index contributed by atoms with van der Waals surface area (Å²) in [5.41, 5.74) is 5.49. The molecule has 4 N–H and O–H groups in total. The Morgan fingerprint density at radius 3 is 1.91 bits per heavy atom. The number of aryl methyl sites for hydroxylation is 2. The SMILES string of the molecule is C=C1N(/N=C\C)N(C(C)N2C(=O)CC(C)C2=O)C=[N+]1C.[C-]#[N+]c1c(C(=O)OC2C(C)CC(C)CC2C)cn2[nH]c(-c3ccc(C)c(NS(C)(=O)=O)c3)nc12.[C-]#[N+]c1c(C(=O)OCC)cn2[nH]c(-c3ccc(C)c(NC(C)=O)c3)nc12. The lowest BCUT2D eigenvalue weighted by Crippen LogP contribution is -2.52. The number of fused-ring (bicyclic) bond motifs is 2. The molecule has 0 spiro atoms. The number of ether oxygens (including phenoxy) is 2. The molecular formula is C55H66N15O9S+. The van der Waals surface area contributed by atoms with Crippen molar-refractivity contribution in [1.29, 1.82) is 0 Å². The molecular weight excluding hydrogens is 1050 g/mol. The van der Waals surface area contributed by atoms with E-state index in [0.717, 1.165) is 35.8 Å². The highest BCUT2D eigenvalue weighted by molar-refractivity contribution is 7.92. The number of carbonyl (C=O) groups excluding carboxylic acids is 5. The van der Waals surface area contributed by atoms with E-state index in [1.54, 1.807) is 86.1 Å². The number of aromatic nitrogens is 6. The second kappa shape index (κ2) is 23.9. The van der Waals surface area contributed by atoms with E-state index in [0.29, 0.717) is 51.6 Å². The number of hydrazone groups is 1. The monoisotopic (exact) mass is 1110 g/mol. The number of likely N-dealkylation sites (tertiary alicyclic amines) is 1. The smallest absolute Gasteiger partial charge is 0.329 e. The van der Waals surface area contributed by atoms with E-state index >= 15 is 0 Å². The fraction of sp³-hybridized carbons (Fsp3) is 0.400. The normalized spacial score (nSPS) is 19.5. The van der Waals surface area contributed by atoms with E-state index in [1.807, 2.05) is 26.1 Å². The molecule has 2 aromatic carbocycles. The Morgan fingerprint density at radius 2 is 1.44 bits per heavy atom. The van der Waals surface area contributed by atoms with E-state index in [9.17, 15) is 32.4 Å². The topological polar surface area (TPSA) is 262 Å². The lowest BCUT2D eigenvalue weighted by Gasteiger charge is -2.37. The molecule has 0 radical (unpaired) electrons. The van der Waals surface area contributed by atoms with Crippen LogP contribution in [0.5, 0.6) is 0 Å². The van der Waals surface area contributed by atoms with Gasteiger partial charge in [0.2, 0.25) is 45.5 Å². The van der Waals surface area contributed by atoms with Crippen LogP contribution in [0.15, 0.2) is 66.3 Å². The van der Waals surface area contributed by atoms with Crippen LogP contribution < -0.4 is 10.0 Å². The molecule has 1 aliphatic carbocycles. The molecule has 6 aromatic rings. The number of nitrogens with one attached hydrogen (secondary N) is 4. The van der Waals surface area contributed by atoms with Crippen LogP contribution in [0.2, 0.25) is 0 Å². The Bertz CT molecular complexity index is 3690. The number of hydrogen-bond acceptors (Lipinski definition) is 14. The quantitative estimate of drug-likeness (QED) is 0.0295. The van der Waals surface area contributed by atoms with Gasteiger partial charge in [0, 0.05) is 54.7 Å². The summed E-state index contributed by atoms with van der Waals surface area (Å²) < 4.78 is 41.5. The van der Waals surface area contributed by atoms with Crippen LogP contribution in [0.25, 0.3) is 43.8 Å². The fourth-order valence-corrected chi connectivity index (χ4v) is 10.6. The zero-order chi connectivity index (χ0) is 58.7. The molecule has 4 unspecified atom stereocenters. The van der Waals surface area contributed by atoms with Gasteiger partial charge in [0.05, 0.1) is 49.9 Å². The third kappa shape index (κ3) is 12.4. The van der Waals surface area contributed by atoms with Gasteiger partial charge in [-0.15, -0.1) is 5.01 Å². The number of imide groups is 1. The van der Waals surface area contributed by atoms with E-state index < -0.39 is 28.1 Å². The van der Waals surface area contributed by atoms with Gasteiger partial charge in [0.15, 0.2) is 29.1 Å². The number of sulfonamides is 1. The second-order valence-corrected chi connectivity index (χ2v) is 22.0. The van der Waals surface area contributed by atoms with Crippen molar-refractivity contribution in [2.75, 3.05) is 29.9 Å². The third-order valence-corrected chi connectivity index (χ3v) is 14.4. The molecule has 1 saturated carbocycles. The number of benzene rings is 2. The molecule has 4 aromatic heterocycles. The minimum atomic E-state index is -3.44. The second-order valence-electron chi connectivity index (χ2n) is 20.3. The van der Waals surface area contributed by atoms with Crippen molar-refractivity contribution in [1.82, 2.24) is 44.2 Å². The Balaban J connectivity index is 0.000000180. The highest BCUT2D eigenvalue weighted by Crippen LogP contribution is 2.38. The molecule has 2 aliphatic heterocycles. The van der Waals surface area contributed by atoms with Crippen molar-refractivity contribution < 1.29 is 46.4 Å². The van der Waals surface area contributed by atoms with Gasteiger partial charge in [-0.25, -0.2) is 47.1 Å². The Kier molecular flexibility index (Phi) is 17.5. The standard InChI is InChI=1S/C24H29N5O4S.C18H17N5O3.C13H20N5O2/c1-13-9-15(3)21(16(4)10-13)33-24(30)18-12-29-23(20(18)25-5)26-22(27-29)17-8-7-14(2)19(11-17)28-34(6,31)32;1-5-26-18(25)13-9-23-17(15(13)19-4)21-16(22-23)12-7-6-10(2)14(8-12)20-11(3)24;1-6-14-18-10(3)15(5)8-16(18)11(4)17-12(19)7-9(2)13(17)20/h7-8,11-13,15-16,21,28H,9-10H2,1-4,6H3,(H,26,27);6-9H,5H2,1-3H3,(H,20,24)(H,21,22);6,8-9,11H,3,7H2,1-2,4-5H3/q;;+1/b;;14-6-. The van der Waals surface area contributed by atoms with E-state index in [2.05, 4.69) is 72.3 Å². The summed E-state index contributed by atoms with van der Waals surface area (Å²) in [7, 11) is -1.60. The Labute approximate surface area is 463 Å². The van der Waals surface area contributed by atoms with Gasteiger partial charge >= 0.3 is 11.9 Å². The lowest BCUT2D eigenvalue weighted by atomic mass is 9.75. The van der Waals surface area contributed by atoms with Gasteiger partial charge < -0.3 is 14.8 Å². The maximum atomic E-state index is 13.0. The van der Waals surface area contributed by atoms with Crippen LogP contribution >= 0.6 is 0 Å². The number of amides is 3. The van der Waals surface area contributed by atoms with Gasteiger partial charge in [-0.05, 0) is 100 Å². The van der Waals surface area contributed by atoms with Crippen molar-refractivity contribution in [2.45, 2.75) is 101 Å². The molecule has 25 heteroatoms. The number of anilines is 2. The average Bonchev–Trinajstić information content (AvgIpc) is 4.25. The van der Waals surface area contributed by atoms with E-state index in [1.165, 1.54) is 33.2 Å². The minimum absolute atomic E-state index is 0.124. The summed E-state index contributed by atoms with van der Waals surface area (Å²) in [6.45, 7) is 37.8. The first-order chi connectivity index (χ1) is 37.8. The number of nitrogens with zero attached hydrogens (tertiary/aromatic N) is 11.